The summed E-state index contributed by atoms with van der Waals surface area (Å²) in [5, 5.41) is 8.95. The predicted octanol–water partition coefficient (Wildman–Crippen LogP) is 2.36. The van der Waals surface area contributed by atoms with Crippen LogP contribution in [0.5, 0.6) is 5.75 Å². The highest BCUT2D eigenvalue weighted by Gasteiger charge is 2.29. The molecular weight excluding hydrogens is 432 g/mol. The lowest BCUT2D eigenvalue weighted by Gasteiger charge is -2.33. The van der Waals surface area contributed by atoms with Crippen molar-refractivity contribution >= 4 is 21.9 Å². The van der Waals surface area contributed by atoms with Gasteiger partial charge in [-0.05, 0) is 35.4 Å². The summed E-state index contributed by atoms with van der Waals surface area (Å²) in [6, 6.07) is 14.4. The fraction of sp³-hybridized carbons (Fsp3) is 0.227. The molecule has 10 heteroatoms. The molecule has 0 saturated carbocycles. The van der Waals surface area contributed by atoms with Crippen LogP contribution in [0.3, 0.4) is 0 Å². The first-order chi connectivity index (χ1) is 15.4. The van der Waals surface area contributed by atoms with Crippen molar-refractivity contribution in [1.29, 1.82) is 0 Å². The largest absolute Gasteiger partial charge is 0.497 e. The molecule has 166 valence electrons. The van der Waals surface area contributed by atoms with Crippen molar-refractivity contribution in [2.24, 2.45) is 0 Å². The van der Waals surface area contributed by atoms with Gasteiger partial charge in [-0.15, -0.1) is 0 Å². The Morgan fingerprint density at radius 2 is 1.62 bits per heavy atom. The first-order valence-electron chi connectivity index (χ1n) is 9.93. The summed E-state index contributed by atoms with van der Waals surface area (Å²) in [6.07, 6.45) is 2.50. The zero-order valence-electron chi connectivity index (χ0n) is 17.4. The number of carboxylic acids is 1. The number of piperazine rings is 1. The Bertz CT molecular complexity index is 1210. The van der Waals surface area contributed by atoms with E-state index in [9.17, 15) is 13.2 Å². The molecule has 1 aliphatic rings. The van der Waals surface area contributed by atoms with Crippen molar-refractivity contribution in [2.75, 3.05) is 38.2 Å². The maximum Gasteiger partial charge on any atom is 0.338 e. The molecule has 0 radical (unpaired) electrons. The normalized spacial score (nSPS) is 14.8. The Morgan fingerprint density at radius 1 is 0.969 bits per heavy atom. The summed E-state index contributed by atoms with van der Waals surface area (Å²) >= 11 is 0. The number of rotatable bonds is 6. The lowest BCUT2D eigenvalue weighted by atomic mass is 10.1. The first-order valence-corrected chi connectivity index (χ1v) is 11.4. The number of carbonyl (C=O) groups is 1. The molecule has 2 aromatic carbocycles. The average Bonchev–Trinajstić information content (AvgIpc) is 2.84. The Kier molecular flexibility index (Phi) is 6.06. The monoisotopic (exact) mass is 454 g/mol. The topological polar surface area (TPSA) is 113 Å². The van der Waals surface area contributed by atoms with Gasteiger partial charge >= 0.3 is 5.97 Å². The van der Waals surface area contributed by atoms with Gasteiger partial charge in [0.2, 0.25) is 16.0 Å². The van der Waals surface area contributed by atoms with Crippen molar-refractivity contribution in [1.82, 2.24) is 14.3 Å². The summed E-state index contributed by atoms with van der Waals surface area (Å²) in [6.45, 7) is 1.38. The van der Waals surface area contributed by atoms with Gasteiger partial charge in [0.25, 0.3) is 0 Å². The third kappa shape index (κ3) is 4.41. The van der Waals surface area contributed by atoms with Crippen molar-refractivity contribution in [3.8, 4) is 16.9 Å². The number of hydrogen-bond donors (Lipinski definition) is 1. The molecule has 0 spiro atoms. The second-order valence-electron chi connectivity index (χ2n) is 7.22. The van der Waals surface area contributed by atoms with E-state index >= 15 is 0 Å². The summed E-state index contributed by atoms with van der Waals surface area (Å²) in [7, 11) is -2.03. The van der Waals surface area contributed by atoms with E-state index in [1.165, 1.54) is 16.7 Å². The molecule has 3 aromatic rings. The molecule has 32 heavy (non-hydrogen) atoms. The lowest BCUT2D eigenvalue weighted by Crippen LogP contribution is -2.49. The fourth-order valence-electron chi connectivity index (χ4n) is 3.49. The third-order valence-corrected chi connectivity index (χ3v) is 7.21. The summed E-state index contributed by atoms with van der Waals surface area (Å²) in [5.41, 5.74) is 1.85. The number of nitrogens with zero attached hydrogens (tertiary/aromatic N) is 4. The highest BCUT2D eigenvalue weighted by molar-refractivity contribution is 7.89. The van der Waals surface area contributed by atoms with E-state index in [-0.39, 0.29) is 23.5 Å². The molecule has 1 N–H and O–H groups in total. The van der Waals surface area contributed by atoms with E-state index in [1.54, 1.807) is 31.4 Å². The van der Waals surface area contributed by atoms with E-state index in [0.29, 0.717) is 19.0 Å². The molecule has 0 bridgehead atoms. The van der Waals surface area contributed by atoms with Crippen molar-refractivity contribution in [3.63, 3.8) is 0 Å². The summed E-state index contributed by atoms with van der Waals surface area (Å²) in [5.74, 6) is 0.0261. The molecule has 1 aromatic heterocycles. The van der Waals surface area contributed by atoms with Crippen LogP contribution < -0.4 is 9.64 Å². The van der Waals surface area contributed by atoms with Gasteiger partial charge in [-0.1, -0.05) is 24.3 Å². The second-order valence-corrected chi connectivity index (χ2v) is 9.16. The molecule has 0 atom stereocenters. The van der Waals surface area contributed by atoms with Crippen molar-refractivity contribution in [3.05, 3.63) is 66.5 Å². The van der Waals surface area contributed by atoms with Crippen molar-refractivity contribution < 1.29 is 23.1 Å². The Balaban J connectivity index is 1.44. The van der Waals surface area contributed by atoms with E-state index in [2.05, 4.69) is 9.97 Å². The molecule has 0 unspecified atom stereocenters. The number of aromatic carboxylic acids is 1. The SMILES string of the molecule is COc1cccc(-c2ccc(S(=O)(=O)N3CCN(c4ncc(C(=O)O)cn4)CC3)cc2)c1. The average molecular weight is 455 g/mol. The number of anilines is 1. The van der Waals surface area contributed by atoms with Crippen LogP contribution in [0.4, 0.5) is 5.95 Å². The van der Waals surface area contributed by atoms with Gasteiger partial charge in [0.1, 0.15) is 5.75 Å². The number of carboxylic acid groups (broad SMARTS) is 1. The molecule has 1 saturated heterocycles. The highest BCUT2D eigenvalue weighted by atomic mass is 32.2. The number of aromatic nitrogens is 2. The van der Waals surface area contributed by atoms with Crippen LogP contribution in [0.25, 0.3) is 11.1 Å². The minimum atomic E-state index is -3.63. The third-order valence-electron chi connectivity index (χ3n) is 5.30. The van der Waals surface area contributed by atoms with Crippen LogP contribution in [0.15, 0.2) is 65.8 Å². The summed E-state index contributed by atoms with van der Waals surface area (Å²) < 4.78 is 32.9. The molecule has 4 rings (SSSR count). The van der Waals surface area contributed by atoms with Gasteiger partial charge < -0.3 is 14.7 Å². The highest BCUT2D eigenvalue weighted by Crippen LogP contribution is 2.26. The van der Waals surface area contributed by atoms with Crippen LogP contribution >= 0.6 is 0 Å². The second kappa shape index (κ2) is 8.93. The quantitative estimate of drug-likeness (QED) is 0.604. The van der Waals surface area contributed by atoms with Crippen molar-refractivity contribution in [2.45, 2.75) is 4.90 Å². The van der Waals surface area contributed by atoms with Crippen LogP contribution in [-0.2, 0) is 10.0 Å². The maximum atomic E-state index is 13.1. The van der Waals surface area contributed by atoms with Gasteiger partial charge in [0, 0.05) is 38.6 Å². The number of hydrogen-bond acceptors (Lipinski definition) is 7. The molecular formula is C22H22N4O5S. The number of benzene rings is 2. The zero-order valence-corrected chi connectivity index (χ0v) is 18.2. The van der Waals surface area contributed by atoms with E-state index < -0.39 is 16.0 Å². The molecule has 0 aliphatic carbocycles. The van der Waals surface area contributed by atoms with Gasteiger partial charge in [-0.25, -0.2) is 23.2 Å². The van der Waals surface area contributed by atoms with Crippen LogP contribution in [-0.4, -0.2) is 67.1 Å². The van der Waals surface area contributed by atoms with Crippen LogP contribution in [0.2, 0.25) is 0 Å². The fourth-order valence-corrected chi connectivity index (χ4v) is 4.92. The standard InChI is InChI=1S/C22H22N4O5S/c1-31-19-4-2-3-17(13-19)16-5-7-20(8-6-16)32(29,30)26-11-9-25(10-12-26)22-23-14-18(15-24-22)21(27)28/h2-8,13-15H,9-12H2,1H3,(H,27,28). The molecule has 1 aliphatic heterocycles. The van der Waals surface area contributed by atoms with Gasteiger partial charge in [-0.2, -0.15) is 4.31 Å². The Hall–Kier alpha value is -3.50. The van der Waals surface area contributed by atoms with Crippen LogP contribution in [0, 0.1) is 0 Å². The van der Waals surface area contributed by atoms with Gasteiger partial charge in [0.05, 0.1) is 17.6 Å². The minimum Gasteiger partial charge on any atom is -0.497 e. The smallest absolute Gasteiger partial charge is 0.338 e. The first kappa shape index (κ1) is 21.7. The Morgan fingerprint density at radius 3 is 2.22 bits per heavy atom. The number of sulfonamides is 1. The molecule has 9 nitrogen and oxygen atoms in total. The van der Waals surface area contributed by atoms with E-state index in [4.69, 9.17) is 9.84 Å². The molecule has 0 amide bonds. The lowest BCUT2D eigenvalue weighted by molar-refractivity contribution is 0.0696. The van der Waals surface area contributed by atoms with Crippen LogP contribution in [0.1, 0.15) is 10.4 Å². The number of ether oxygens (including phenoxy) is 1. The van der Waals surface area contributed by atoms with Gasteiger partial charge in [-0.3, -0.25) is 0 Å². The summed E-state index contributed by atoms with van der Waals surface area (Å²) in [4.78, 5) is 21.2. The zero-order chi connectivity index (χ0) is 22.7. The molecule has 2 heterocycles. The molecule has 1 fully saturated rings. The van der Waals surface area contributed by atoms with E-state index in [0.717, 1.165) is 16.9 Å². The van der Waals surface area contributed by atoms with E-state index in [1.807, 2.05) is 29.2 Å². The minimum absolute atomic E-state index is 0.00681. The maximum absolute atomic E-state index is 13.1. The predicted molar refractivity (Wildman–Crippen MR) is 118 cm³/mol. The Labute approximate surface area is 186 Å². The number of methoxy groups -OCH3 is 1. The van der Waals surface area contributed by atoms with Gasteiger partial charge in [0.15, 0.2) is 0 Å².